The minimum absolute atomic E-state index is 0.0347. The minimum atomic E-state index is -0.0347. The van der Waals surface area contributed by atoms with E-state index in [0.29, 0.717) is 6.10 Å². The smallest absolute Gasteiger partial charge is 0.155 e. The molecule has 0 aromatic heterocycles. The lowest BCUT2D eigenvalue weighted by molar-refractivity contribution is 0.336. The molecule has 1 aliphatic carbocycles. The predicted molar refractivity (Wildman–Crippen MR) is 64.0 cm³/mol. The first-order chi connectivity index (χ1) is 7.89. The Balaban J connectivity index is 1.64. The molecule has 1 aromatic carbocycles. The third-order valence-electron chi connectivity index (χ3n) is 3.52. The molecule has 2 atom stereocenters. The number of epoxide rings is 1. The summed E-state index contributed by atoms with van der Waals surface area (Å²) in [6, 6.07) is 10.4. The average molecular weight is 212 g/mol. The van der Waals surface area contributed by atoms with E-state index in [0.717, 1.165) is 12.8 Å². The Morgan fingerprint density at radius 1 is 1.25 bits per heavy atom. The molecule has 0 radical (unpaired) electrons. The van der Waals surface area contributed by atoms with E-state index in [1.54, 1.807) is 0 Å². The quantitative estimate of drug-likeness (QED) is 0.515. The van der Waals surface area contributed by atoms with Gasteiger partial charge in [-0.25, -0.2) is 0 Å². The summed E-state index contributed by atoms with van der Waals surface area (Å²) in [4.78, 5) is 0. The molecule has 1 saturated heterocycles. The highest BCUT2D eigenvalue weighted by atomic mass is 16.6. The number of hydrogen-bond acceptors (Lipinski definition) is 1. The monoisotopic (exact) mass is 212 g/mol. The van der Waals surface area contributed by atoms with Gasteiger partial charge in [-0.2, -0.15) is 0 Å². The second kappa shape index (κ2) is 3.96. The van der Waals surface area contributed by atoms with Crippen LogP contribution in [-0.4, -0.2) is 11.7 Å². The molecule has 1 aliphatic heterocycles. The summed E-state index contributed by atoms with van der Waals surface area (Å²) in [6.07, 6.45) is 6.23. The molecular formula is C15H16O. The fraction of sp³-hybridized carbons (Fsp3) is 0.467. The highest BCUT2D eigenvalue weighted by molar-refractivity contribution is 5.29. The standard InChI is InChI=1S/C15H16O/c1-2-7-13(8-3-1)9-6-12-15-11-5-4-10-14(15)16-15/h1-3,7-8,14H,4-5,9-11H2/t14-,15-/m1/s1. The van der Waals surface area contributed by atoms with Gasteiger partial charge in [0.1, 0.15) is 0 Å². The molecule has 0 unspecified atom stereocenters. The van der Waals surface area contributed by atoms with Gasteiger partial charge in [-0.05, 0) is 24.8 Å². The molecule has 82 valence electrons. The molecule has 16 heavy (non-hydrogen) atoms. The van der Waals surface area contributed by atoms with Crippen molar-refractivity contribution in [2.45, 2.75) is 43.8 Å². The van der Waals surface area contributed by atoms with Gasteiger partial charge in [0, 0.05) is 6.42 Å². The van der Waals surface area contributed by atoms with Crippen LogP contribution < -0.4 is 0 Å². The van der Waals surface area contributed by atoms with Crippen LogP contribution in [0.5, 0.6) is 0 Å². The largest absolute Gasteiger partial charge is 0.352 e. The van der Waals surface area contributed by atoms with Crippen molar-refractivity contribution in [3.8, 4) is 11.8 Å². The van der Waals surface area contributed by atoms with Crippen LogP contribution in [-0.2, 0) is 11.2 Å². The topological polar surface area (TPSA) is 12.5 Å². The van der Waals surface area contributed by atoms with Gasteiger partial charge in [0.15, 0.2) is 5.60 Å². The molecule has 1 aromatic rings. The van der Waals surface area contributed by atoms with E-state index in [2.05, 4.69) is 36.1 Å². The number of ether oxygens (including phenoxy) is 1. The molecule has 0 spiro atoms. The van der Waals surface area contributed by atoms with Crippen LogP contribution >= 0.6 is 0 Å². The second-order valence-corrected chi connectivity index (χ2v) is 4.71. The van der Waals surface area contributed by atoms with Crippen LogP contribution in [0.25, 0.3) is 0 Å². The number of rotatable bonds is 1. The third-order valence-corrected chi connectivity index (χ3v) is 3.52. The van der Waals surface area contributed by atoms with E-state index >= 15 is 0 Å². The van der Waals surface area contributed by atoms with Crippen molar-refractivity contribution < 1.29 is 4.74 Å². The maximum Gasteiger partial charge on any atom is 0.155 e. The van der Waals surface area contributed by atoms with Crippen LogP contribution in [0, 0.1) is 11.8 Å². The molecule has 1 nitrogen and oxygen atoms in total. The molecule has 2 fully saturated rings. The van der Waals surface area contributed by atoms with Crippen LogP contribution in [0.2, 0.25) is 0 Å². The zero-order valence-corrected chi connectivity index (χ0v) is 9.41. The summed E-state index contributed by atoms with van der Waals surface area (Å²) in [6.45, 7) is 0. The van der Waals surface area contributed by atoms with E-state index in [4.69, 9.17) is 4.74 Å². The molecule has 0 N–H and O–H groups in total. The summed E-state index contributed by atoms with van der Waals surface area (Å²) in [5.74, 6) is 6.63. The Bertz CT molecular complexity index is 426. The van der Waals surface area contributed by atoms with Crippen molar-refractivity contribution in [3.05, 3.63) is 35.9 Å². The van der Waals surface area contributed by atoms with Gasteiger partial charge in [0.25, 0.3) is 0 Å². The fourth-order valence-electron chi connectivity index (χ4n) is 2.51. The summed E-state index contributed by atoms with van der Waals surface area (Å²) in [7, 11) is 0. The molecule has 0 bridgehead atoms. The van der Waals surface area contributed by atoms with E-state index in [1.807, 2.05) is 6.07 Å². The summed E-state index contributed by atoms with van der Waals surface area (Å²) < 4.78 is 5.73. The normalized spacial score (nSPS) is 31.1. The SMILES string of the molecule is C(#C[C@]12CCCC[C@H]1O2)Cc1ccccc1. The Labute approximate surface area is 96.8 Å². The number of benzene rings is 1. The summed E-state index contributed by atoms with van der Waals surface area (Å²) >= 11 is 0. The van der Waals surface area contributed by atoms with Crippen molar-refractivity contribution in [1.29, 1.82) is 0 Å². The Hall–Kier alpha value is -1.26. The third kappa shape index (κ3) is 1.86. The first-order valence-corrected chi connectivity index (χ1v) is 6.11. The van der Waals surface area contributed by atoms with Crippen molar-refractivity contribution in [2.24, 2.45) is 0 Å². The van der Waals surface area contributed by atoms with Crippen molar-refractivity contribution in [2.75, 3.05) is 0 Å². The molecule has 1 saturated carbocycles. The van der Waals surface area contributed by atoms with E-state index in [9.17, 15) is 0 Å². The van der Waals surface area contributed by atoms with Crippen molar-refractivity contribution in [1.82, 2.24) is 0 Å². The number of hydrogen-bond donors (Lipinski definition) is 0. The Morgan fingerprint density at radius 3 is 2.94 bits per heavy atom. The van der Waals surface area contributed by atoms with Crippen LogP contribution in [0.4, 0.5) is 0 Å². The van der Waals surface area contributed by atoms with Crippen LogP contribution in [0.3, 0.4) is 0 Å². The molecule has 2 aliphatic rings. The van der Waals surface area contributed by atoms with E-state index in [-0.39, 0.29) is 5.60 Å². The fourth-order valence-corrected chi connectivity index (χ4v) is 2.51. The zero-order valence-electron chi connectivity index (χ0n) is 9.41. The van der Waals surface area contributed by atoms with Crippen LogP contribution in [0.15, 0.2) is 30.3 Å². The Morgan fingerprint density at radius 2 is 2.12 bits per heavy atom. The lowest BCUT2D eigenvalue weighted by Crippen LogP contribution is -2.16. The molecule has 1 heteroatoms. The highest BCUT2D eigenvalue weighted by Crippen LogP contribution is 2.47. The van der Waals surface area contributed by atoms with Gasteiger partial charge in [-0.3, -0.25) is 0 Å². The summed E-state index contributed by atoms with van der Waals surface area (Å²) in [5.41, 5.74) is 1.26. The first kappa shape index (κ1) is 9.93. The molecule has 3 rings (SSSR count). The van der Waals surface area contributed by atoms with Gasteiger partial charge in [-0.1, -0.05) is 48.6 Å². The lowest BCUT2D eigenvalue weighted by Gasteiger charge is -2.10. The molecule has 0 amide bonds. The van der Waals surface area contributed by atoms with Gasteiger partial charge in [-0.15, -0.1) is 0 Å². The zero-order chi connectivity index (χ0) is 10.8. The maximum atomic E-state index is 5.73. The van der Waals surface area contributed by atoms with Gasteiger partial charge >= 0.3 is 0 Å². The molecular weight excluding hydrogens is 196 g/mol. The summed E-state index contributed by atoms with van der Waals surface area (Å²) in [5, 5.41) is 0. The van der Waals surface area contributed by atoms with Gasteiger partial charge in [0.05, 0.1) is 6.10 Å². The van der Waals surface area contributed by atoms with Gasteiger partial charge < -0.3 is 4.74 Å². The number of fused-ring (bicyclic) bond motifs is 1. The first-order valence-electron chi connectivity index (χ1n) is 6.11. The van der Waals surface area contributed by atoms with E-state index < -0.39 is 0 Å². The Kier molecular flexibility index (Phi) is 2.46. The lowest BCUT2D eigenvalue weighted by atomic mass is 9.89. The van der Waals surface area contributed by atoms with Crippen molar-refractivity contribution in [3.63, 3.8) is 0 Å². The maximum absolute atomic E-state index is 5.73. The van der Waals surface area contributed by atoms with Crippen LogP contribution in [0.1, 0.15) is 31.2 Å². The van der Waals surface area contributed by atoms with Gasteiger partial charge in [0.2, 0.25) is 0 Å². The molecule has 1 heterocycles. The second-order valence-electron chi connectivity index (χ2n) is 4.71. The average Bonchev–Trinajstić information content (AvgIpc) is 3.05. The van der Waals surface area contributed by atoms with E-state index in [1.165, 1.54) is 24.8 Å². The predicted octanol–water partition coefficient (Wildman–Crippen LogP) is 2.94. The van der Waals surface area contributed by atoms with Crippen molar-refractivity contribution >= 4 is 0 Å². The minimum Gasteiger partial charge on any atom is -0.352 e. The highest BCUT2D eigenvalue weighted by Gasteiger charge is 2.56.